The number of furan rings is 1. The fourth-order valence-corrected chi connectivity index (χ4v) is 3.84. The van der Waals surface area contributed by atoms with E-state index in [2.05, 4.69) is 15.5 Å². The van der Waals surface area contributed by atoms with Gasteiger partial charge in [-0.25, -0.2) is 0 Å². The van der Waals surface area contributed by atoms with Crippen molar-refractivity contribution in [2.24, 2.45) is 4.99 Å². The van der Waals surface area contributed by atoms with E-state index < -0.39 is 6.10 Å². The average Bonchev–Trinajstić information content (AvgIpc) is 3.52. The van der Waals surface area contributed by atoms with Gasteiger partial charge < -0.3 is 29.6 Å². The van der Waals surface area contributed by atoms with Gasteiger partial charge in [0.2, 0.25) is 0 Å². The van der Waals surface area contributed by atoms with E-state index in [1.54, 1.807) is 38.7 Å². The Bertz CT molecular complexity index is 825. The average molecular weight is 558 g/mol. The lowest BCUT2D eigenvalue weighted by molar-refractivity contribution is 0.176. The highest BCUT2D eigenvalue weighted by molar-refractivity contribution is 14.0. The third kappa shape index (κ3) is 7.01. The van der Waals surface area contributed by atoms with E-state index in [0.29, 0.717) is 29.6 Å². The topological polar surface area (TPSA) is 91.5 Å². The lowest BCUT2D eigenvalue weighted by Gasteiger charge is -2.25. The van der Waals surface area contributed by atoms with Crippen LogP contribution in [0.2, 0.25) is 0 Å². The number of methoxy groups -OCH3 is 2. The van der Waals surface area contributed by atoms with E-state index in [9.17, 15) is 5.11 Å². The number of benzene rings is 1. The van der Waals surface area contributed by atoms with Gasteiger partial charge in [0, 0.05) is 18.7 Å². The number of nitrogens with zero attached hydrogens (tertiary/aromatic N) is 2. The predicted octanol–water partition coefficient (Wildman–Crippen LogP) is 3.34. The molecule has 8 nitrogen and oxygen atoms in total. The molecule has 0 spiro atoms. The van der Waals surface area contributed by atoms with Gasteiger partial charge in [-0.05, 0) is 63.2 Å². The number of aliphatic hydroxyl groups is 1. The molecular formula is C23H35IN4O4. The van der Waals surface area contributed by atoms with Gasteiger partial charge >= 0.3 is 0 Å². The number of nitrogens with one attached hydrogen (secondary N) is 2. The lowest BCUT2D eigenvalue weighted by atomic mass is 10.1. The van der Waals surface area contributed by atoms with E-state index >= 15 is 0 Å². The summed E-state index contributed by atoms with van der Waals surface area (Å²) in [5.41, 5.74) is 0.663. The molecule has 0 amide bonds. The monoisotopic (exact) mass is 558 g/mol. The fourth-order valence-electron chi connectivity index (χ4n) is 3.84. The van der Waals surface area contributed by atoms with Crippen LogP contribution in [-0.4, -0.2) is 62.9 Å². The minimum absolute atomic E-state index is 0. The molecule has 1 aliphatic rings. The molecule has 9 heteroatoms. The Morgan fingerprint density at radius 2 is 1.97 bits per heavy atom. The Kier molecular flexibility index (Phi) is 11.1. The first-order valence-corrected chi connectivity index (χ1v) is 10.9. The van der Waals surface area contributed by atoms with Gasteiger partial charge in [-0.3, -0.25) is 9.89 Å². The van der Waals surface area contributed by atoms with Crippen LogP contribution in [0.5, 0.6) is 11.5 Å². The van der Waals surface area contributed by atoms with Crippen molar-refractivity contribution >= 4 is 29.9 Å². The van der Waals surface area contributed by atoms with Crippen molar-refractivity contribution in [2.45, 2.75) is 31.9 Å². The van der Waals surface area contributed by atoms with E-state index in [-0.39, 0.29) is 36.6 Å². The van der Waals surface area contributed by atoms with Crippen LogP contribution in [0.1, 0.15) is 43.2 Å². The van der Waals surface area contributed by atoms with Gasteiger partial charge in [-0.15, -0.1) is 24.0 Å². The molecule has 1 saturated heterocycles. The molecule has 0 radical (unpaired) electrons. The van der Waals surface area contributed by atoms with Crippen molar-refractivity contribution in [3.05, 3.63) is 47.9 Å². The molecule has 0 bridgehead atoms. The molecule has 2 unspecified atom stereocenters. The van der Waals surface area contributed by atoms with Gasteiger partial charge in [-0.2, -0.15) is 0 Å². The second-order valence-corrected chi connectivity index (χ2v) is 7.50. The Balaban J connectivity index is 0.00000363. The van der Waals surface area contributed by atoms with Gasteiger partial charge in [-0.1, -0.05) is 0 Å². The molecule has 1 aromatic carbocycles. The number of hydrogen-bond acceptors (Lipinski definition) is 6. The second kappa shape index (κ2) is 13.5. The maximum Gasteiger partial charge on any atom is 0.191 e. The molecule has 32 heavy (non-hydrogen) atoms. The third-order valence-corrected chi connectivity index (χ3v) is 5.48. The van der Waals surface area contributed by atoms with Crippen molar-refractivity contribution in [3.63, 3.8) is 0 Å². The van der Waals surface area contributed by atoms with Crippen molar-refractivity contribution in [2.75, 3.05) is 46.9 Å². The summed E-state index contributed by atoms with van der Waals surface area (Å²) in [4.78, 5) is 7.20. The molecule has 0 saturated carbocycles. The summed E-state index contributed by atoms with van der Waals surface area (Å²) < 4.78 is 16.4. The third-order valence-electron chi connectivity index (χ3n) is 5.48. The Morgan fingerprint density at radius 1 is 1.19 bits per heavy atom. The summed E-state index contributed by atoms with van der Waals surface area (Å²) in [6, 6.07) is 9.43. The highest BCUT2D eigenvalue weighted by atomic mass is 127. The molecule has 3 rings (SSSR count). The van der Waals surface area contributed by atoms with E-state index in [4.69, 9.17) is 18.9 Å². The molecule has 0 aliphatic carbocycles. The quantitative estimate of drug-likeness (QED) is 0.234. The van der Waals surface area contributed by atoms with E-state index in [1.807, 2.05) is 19.1 Å². The van der Waals surface area contributed by atoms with Gasteiger partial charge in [0.05, 0.1) is 39.2 Å². The zero-order chi connectivity index (χ0) is 22.1. The highest BCUT2D eigenvalue weighted by Gasteiger charge is 2.25. The molecule has 2 atom stereocenters. The van der Waals surface area contributed by atoms with Crippen LogP contribution < -0.4 is 20.1 Å². The number of halogens is 1. The molecule has 3 N–H and O–H groups in total. The minimum Gasteiger partial charge on any atom is -0.497 e. The molecule has 2 heterocycles. The first-order valence-electron chi connectivity index (χ1n) is 10.9. The predicted molar refractivity (Wildman–Crippen MR) is 136 cm³/mol. The molecule has 1 aromatic heterocycles. The maximum absolute atomic E-state index is 10.8. The van der Waals surface area contributed by atoms with Crippen molar-refractivity contribution in [1.82, 2.24) is 15.5 Å². The number of aliphatic imine (C=N–C) groups is 1. The summed E-state index contributed by atoms with van der Waals surface area (Å²) in [5, 5.41) is 17.3. The zero-order valence-corrected chi connectivity index (χ0v) is 21.4. The number of hydrogen-bond donors (Lipinski definition) is 3. The summed E-state index contributed by atoms with van der Waals surface area (Å²) in [5.74, 6) is 2.87. The Morgan fingerprint density at radius 3 is 2.59 bits per heavy atom. The van der Waals surface area contributed by atoms with Crippen LogP contribution in [0.4, 0.5) is 0 Å². The normalized spacial score (nSPS) is 16.2. The van der Waals surface area contributed by atoms with Crippen LogP contribution in [0.15, 0.2) is 46.0 Å². The smallest absolute Gasteiger partial charge is 0.191 e. The van der Waals surface area contributed by atoms with Gasteiger partial charge in [0.25, 0.3) is 0 Å². The summed E-state index contributed by atoms with van der Waals surface area (Å²) in [6.45, 7) is 5.70. The van der Waals surface area contributed by atoms with Crippen LogP contribution in [0, 0.1) is 0 Å². The van der Waals surface area contributed by atoms with Crippen LogP contribution in [0.3, 0.4) is 0 Å². The Hall–Kier alpha value is -1.98. The van der Waals surface area contributed by atoms with Crippen molar-refractivity contribution in [3.8, 4) is 11.5 Å². The minimum atomic E-state index is -0.784. The molecule has 1 fully saturated rings. The van der Waals surface area contributed by atoms with Crippen molar-refractivity contribution < 1.29 is 19.0 Å². The van der Waals surface area contributed by atoms with Crippen LogP contribution >= 0.6 is 24.0 Å². The molecular weight excluding hydrogens is 523 g/mol. The number of rotatable bonds is 10. The fraction of sp³-hybridized carbons (Fsp3) is 0.522. The number of aliphatic hydroxyl groups excluding tert-OH is 1. The second-order valence-electron chi connectivity index (χ2n) is 7.50. The van der Waals surface area contributed by atoms with Gasteiger partial charge in [0.1, 0.15) is 17.3 Å². The first kappa shape index (κ1) is 26.3. The molecule has 2 aromatic rings. The SMILES string of the molecule is CCNC(=NCC(c1ccco1)N1CCCC1)NCC(O)c1cc(OC)ccc1OC.I. The number of guanidine groups is 1. The molecule has 178 valence electrons. The summed E-state index contributed by atoms with van der Waals surface area (Å²) in [6.07, 6.45) is 3.33. The zero-order valence-electron chi connectivity index (χ0n) is 19.0. The van der Waals surface area contributed by atoms with E-state index in [1.165, 1.54) is 12.8 Å². The number of ether oxygens (including phenoxy) is 2. The number of likely N-dealkylation sites (tertiary alicyclic amines) is 1. The van der Waals surface area contributed by atoms with Crippen LogP contribution in [-0.2, 0) is 0 Å². The summed E-state index contributed by atoms with van der Waals surface area (Å²) in [7, 11) is 3.19. The summed E-state index contributed by atoms with van der Waals surface area (Å²) >= 11 is 0. The Labute approximate surface area is 207 Å². The van der Waals surface area contributed by atoms with E-state index in [0.717, 1.165) is 25.4 Å². The van der Waals surface area contributed by atoms with Crippen LogP contribution in [0.25, 0.3) is 0 Å². The first-order chi connectivity index (χ1) is 15.2. The van der Waals surface area contributed by atoms with Crippen molar-refractivity contribution in [1.29, 1.82) is 0 Å². The highest BCUT2D eigenvalue weighted by Crippen LogP contribution is 2.29. The largest absolute Gasteiger partial charge is 0.497 e. The maximum atomic E-state index is 10.8. The van der Waals surface area contributed by atoms with Gasteiger partial charge in [0.15, 0.2) is 5.96 Å². The standard InChI is InChI=1S/C23H34N4O4.HI/c1-4-24-23(25-15-19(22-8-7-13-31-22)27-11-5-6-12-27)26-16-20(28)18-14-17(29-2)9-10-21(18)30-3;/h7-10,13-14,19-20,28H,4-6,11-12,15-16H2,1-3H3,(H2,24,25,26);1H. The lowest BCUT2D eigenvalue weighted by Crippen LogP contribution is -2.40. The molecule has 1 aliphatic heterocycles.